The van der Waals surface area contributed by atoms with Gasteiger partial charge in [0.15, 0.2) is 0 Å². The van der Waals surface area contributed by atoms with Crippen molar-refractivity contribution in [3.8, 4) is 0 Å². The summed E-state index contributed by atoms with van der Waals surface area (Å²) in [7, 11) is 2.04. The van der Waals surface area contributed by atoms with Crippen molar-refractivity contribution in [3.63, 3.8) is 0 Å². The first-order chi connectivity index (χ1) is 9.13. The van der Waals surface area contributed by atoms with E-state index in [2.05, 4.69) is 43.0 Å². The number of aromatic nitrogens is 2. The number of ether oxygens (including phenoxy) is 1. The second kappa shape index (κ2) is 6.53. The Morgan fingerprint density at radius 1 is 1.58 bits per heavy atom. The molecule has 1 aromatic heterocycles. The van der Waals surface area contributed by atoms with Crippen LogP contribution in [0.4, 0.5) is 0 Å². The van der Waals surface area contributed by atoms with E-state index in [1.54, 1.807) is 0 Å². The van der Waals surface area contributed by atoms with Crippen molar-refractivity contribution in [3.05, 3.63) is 18.0 Å². The lowest BCUT2D eigenvalue weighted by atomic mass is 9.93. The monoisotopic (exact) mass is 265 g/mol. The molecule has 1 saturated heterocycles. The van der Waals surface area contributed by atoms with Crippen LogP contribution in [0.3, 0.4) is 0 Å². The first-order valence-corrected chi connectivity index (χ1v) is 7.47. The van der Waals surface area contributed by atoms with Gasteiger partial charge in [0, 0.05) is 30.6 Å². The minimum atomic E-state index is 0.401. The third kappa shape index (κ3) is 3.57. The number of hydrogen-bond acceptors (Lipinski definition) is 3. The Morgan fingerprint density at radius 2 is 2.37 bits per heavy atom. The van der Waals surface area contributed by atoms with Gasteiger partial charge in [0.2, 0.25) is 0 Å². The zero-order chi connectivity index (χ0) is 13.8. The van der Waals surface area contributed by atoms with Gasteiger partial charge in [-0.15, -0.1) is 0 Å². The molecule has 2 rings (SSSR count). The molecule has 4 heteroatoms. The molecule has 2 heterocycles. The quantitative estimate of drug-likeness (QED) is 0.858. The minimum Gasteiger partial charge on any atom is -0.378 e. The molecule has 0 radical (unpaired) electrons. The van der Waals surface area contributed by atoms with E-state index in [9.17, 15) is 0 Å². The number of nitrogens with one attached hydrogen (secondary N) is 1. The van der Waals surface area contributed by atoms with E-state index >= 15 is 0 Å². The lowest BCUT2D eigenvalue weighted by molar-refractivity contribution is 0.117. The fourth-order valence-corrected chi connectivity index (χ4v) is 2.78. The van der Waals surface area contributed by atoms with Gasteiger partial charge in [-0.1, -0.05) is 6.92 Å². The predicted molar refractivity (Wildman–Crippen MR) is 77.3 cm³/mol. The Labute approximate surface area is 116 Å². The van der Waals surface area contributed by atoms with Crippen LogP contribution in [0.5, 0.6) is 0 Å². The van der Waals surface area contributed by atoms with E-state index in [4.69, 9.17) is 9.84 Å². The molecule has 1 aliphatic rings. The molecular weight excluding hydrogens is 238 g/mol. The minimum absolute atomic E-state index is 0.401. The third-order valence-electron chi connectivity index (χ3n) is 4.30. The third-order valence-corrected chi connectivity index (χ3v) is 4.30. The molecule has 0 amide bonds. The largest absolute Gasteiger partial charge is 0.378 e. The predicted octanol–water partition coefficient (Wildman–Crippen LogP) is 2.41. The van der Waals surface area contributed by atoms with E-state index in [1.807, 2.05) is 7.05 Å². The Hall–Kier alpha value is -0.870. The van der Waals surface area contributed by atoms with Crippen molar-refractivity contribution in [1.29, 1.82) is 0 Å². The van der Waals surface area contributed by atoms with Gasteiger partial charge in [0.05, 0.1) is 18.4 Å². The molecule has 1 fully saturated rings. The summed E-state index contributed by atoms with van der Waals surface area (Å²) in [5, 5.41) is 8.13. The smallest absolute Gasteiger partial charge is 0.0640 e. The van der Waals surface area contributed by atoms with Crippen LogP contribution < -0.4 is 5.32 Å². The zero-order valence-corrected chi connectivity index (χ0v) is 12.6. The summed E-state index contributed by atoms with van der Waals surface area (Å²) in [6.45, 7) is 7.43. The summed E-state index contributed by atoms with van der Waals surface area (Å²) in [6.07, 6.45) is 5.76. The maximum absolute atomic E-state index is 5.68. The average Bonchev–Trinajstić information content (AvgIpc) is 3.04. The number of nitrogens with zero attached hydrogens (tertiary/aromatic N) is 2. The summed E-state index contributed by atoms with van der Waals surface area (Å²) in [5.74, 6) is 0.605. The maximum atomic E-state index is 5.68. The van der Waals surface area contributed by atoms with E-state index in [-0.39, 0.29) is 0 Å². The molecule has 108 valence electrons. The number of hydrogen-bond donors (Lipinski definition) is 1. The molecule has 1 aromatic rings. The van der Waals surface area contributed by atoms with Crippen LogP contribution in [0.25, 0.3) is 0 Å². The van der Waals surface area contributed by atoms with Gasteiger partial charge in [-0.25, -0.2) is 0 Å². The molecule has 1 aliphatic heterocycles. The van der Waals surface area contributed by atoms with Crippen LogP contribution in [0, 0.1) is 5.92 Å². The van der Waals surface area contributed by atoms with Crippen molar-refractivity contribution >= 4 is 0 Å². The van der Waals surface area contributed by atoms with Gasteiger partial charge in [0.25, 0.3) is 0 Å². The van der Waals surface area contributed by atoms with Crippen molar-refractivity contribution in [1.82, 2.24) is 15.1 Å². The summed E-state index contributed by atoms with van der Waals surface area (Å²) in [4.78, 5) is 0. The SMILES string of the molecule is CCC(C)n1ccc(CC(NC)C2COC(C)C2)n1. The van der Waals surface area contributed by atoms with Gasteiger partial charge in [0.1, 0.15) is 0 Å². The fourth-order valence-electron chi connectivity index (χ4n) is 2.78. The molecule has 0 saturated carbocycles. The highest BCUT2D eigenvalue weighted by Gasteiger charge is 2.29. The Morgan fingerprint density at radius 3 is 2.95 bits per heavy atom. The second-order valence-corrected chi connectivity index (χ2v) is 5.78. The summed E-state index contributed by atoms with van der Waals surface area (Å²) < 4.78 is 7.76. The van der Waals surface area contributed by atoms with Crippen molar-refractivity contribution < 1.29 is 4.74 Å². The molecule has 0 spiro atoms. The van der Waals surface area contributed by atoms with Gasteiger partial charge < -0.3 is 10.1 Å². The lowest BCUT2D eigenvalue weighted by Gasteiger charge is -2.21. The Balaban J connectivity index is 1.96. The zero-order valence-electron chi connectivity index (χ0n) is 12.6. The molecule has 0 bridgehead atoms. The number of rotatable bonds is 6. The summed E-state index contributed by atoms with van der Waals surface area (Å²) >= 11 is 0. The van der Waals surface area contributed by atoms with Gasteiger partial charge in [-0.05, 0) is 39.8 Å². The van der Waals surface area contributed by atoms with Crippen LogP contribution in [0.2, 0.25) is 0 Å². The molecule has 0 aromatic carbocycles. The van der Waals surface area contributed by atoms with Crippen LogP contribution in [-0.2, 0) is 11.2 Å². The second-order valence-electron chi connectivity index (χ2n) is 5.78. The Kier molecular flexibility index (Phi) is 4.99. The molecule has 4 unspecified atom stereocenters. The van der Waals surface area contributed by atoms with E-state index < -0.39 is 0 Å². The fraction of sp³-hybridized carbons (Fsp3) is 0.800. The van der Waals surface area contributed by atoms with Crippen molar-refractivity contribution in [2.24, 2.45) is 5.92 Å². The molecule has 1 N–H and O–H groups in total. The Bertz CT molecular complexity index is 390. The van der Waals surface area contributed by atoms with E-state index in [0.717, 1.165) is 25.9 Å². The van der Waals surface area contributed by atoms with Crippen LogP contribution in [0.1, 0.15) is 45.3 Å². The first kappa shape index (κ1) is 14.5. The van der Waals surface area contributed by atoms with Gasteiger partial charge in [-0.2, -0.15) is 5.10 Å². The molecule has 4 nitrogen and oxygen atoms in total. The van der Waals surface area contributed by atoms with E-state index in [1.165, 1.54) is 5.69 Å². The highest BCUT2D eigenvalue weighted by molar-refractivity contribution is 5.03. The lowest BCUT2D eigenvalue weighted by Crippen LogP contribution is -2.36. The van der Waals surface area contributed by atoms with Crippen LogP contribution >= 0.6 is 0 Å². The number of likely N-dealkylation sites (N-methyl/N-ethyl adjacent to an activating group) is 1. The van der Waals surface area contributed by atoms with Gasteiger partial charge >= 0.3 is 0 Å². The summed E-state index contributed by atoms with van der Waals surface area (Å²) in [6, 6.07) is 3.09. The average molecular weight is 265 g/mol. The van der Waals surface area contributed by atoms with E-state index in [0.29, 0.717) is 24.1 Å². The topological polar surface area (TPSA) is 39.1 Å². The van der Waals surface area contributed by atoms with Crippen molar-refractivity contribution in [2.75, 3.05) is 13.7 Å². The first-order valence-electron chi connectivity index (χ1n) is 7.47. The molecule has 4 atom stereocenters. The van der Waals surface area contributed by atoms with Crippen LogP contribution in [-0.4, -0.2) is 35.6 Å². The van der Waals surface area contributed by atoms with Crippen LogP contribution in [0.15, 0.2) is 12.3 Å². The van der Waals surface area contributed by atoms with Gasteiger partial charge in [-0.3, -0.25) is 4.68 Å². The standard InChI is InChI=1S/C15H27N3O/c1-5-11(2)18-7-6-14(17-18)9-15(16-4)13-8-12(3)19-10-13/h6-7,11-13,15-16H,5,8-10H2,1-4H3. The maximum Gasteiger partial charge on any atom is 0.0640 e. The molecular formula is C15H27N3O. The molecule has 19 heavy (non-hydrogen) atoms. The normalized spacial score (nSPS) is 26.5. The summed E-state index contributed by atoms with van der Waals surface area (Å²) in [5.41, 5.74) is 1.18. The highest BCUT2D eigenvalue weighted by atomic mass is 16.5. The highest BCUT2D eigenvalue weighted by Crippen LogP contribution is 2.24. The molecule has 0 aliphatic carbocycles. The van der Waals surface area contributed by atoms with Crippen molar-refractivity contribution in [2.45, 2.75) is 58.2 Å².